The number of hydrogen-bond acceptors (Lipinski definition) is 3. The Morgan fingerprint density at radius 1 is 1.71 bits per heavy atom. The second kappa shape index (κ2) is 2.84. The molecule has 1 atom stereocenters. The maximum absolute atomic E-state index is 4.09. The van der Waals surface area contributed by atoms with Gasteiger partial charge in [-0.05, 0) is 13.0 Å². The molecule has 0 aromatic carbocycles. The van der Waals surface area contributed by atoms with Crippen molar-refractivity contribution in [3.63, 3.8) is 0 Å². The summed E-state index contributed by atoms with van der Waals surface area (Å²) < 4.78 is 0. The third-order valence-corrected chi connectivity index (χ3v) is 2.76. The van der Waals surface area contributed by atoms with E-state index in [9.17, 15) is 0 Å². The number of rotatable bonds is 1. The first-order chi connectivity index (χ1) is 3.43. The fourth-order valence-corrected chi connectivity index (χ4v) is 1.67. The third-order valence-electron chi connectivity index (χ3n) is 1.16. The van der Waals surface area contributed by atoms with Crippen LogP contribution >= 0.6 is 22.5 Å². The Bertz CT molecular complexity index is 51.7. The van der Waals surface area contributed by atoms with Gasteiger partial charge in [0.05, 0.1) is 0 Å². The summed E-state index contributed by atoms with van der Waals surface area (Å²) in [6.07, 6.45) is 1.29. The van der Waals surface area contributed by atoms with Crippen molar-refractivity contribution in [2.75, 3.05) is 13.1 Å². The SMILES string of the molecule is SS[C@H]1CCNC1. The van der Waals surface area contributed by atoms with Gasteiger partial charge in [0, 0.05) is 11.8 Å². The Morgan fingerprint density at radius 3 is 2.86 bits per heavy atom. The van der Waals surface area contributed by atoms with E-state index in [2.05, 4.69) is 17.0 Å². The fraction of sp³-hybridized carbons (Fsp3) is 1.00. The molecule has 0 saturated carbocycles. The monoisotopic (exact) mass is 135 g/mol. The molecule has 1 saturated heterocycles. The molecular formula is C4H9NS2. The molecule has 0 aromatic rings. The standard InChI is InChI=1S/C4H9NS2/c6-7-4-1-2-5-3-4/h4-6H,1-3H2/t4-/m0/s1. The second-order valence-corrected chi connectivity index (χ2v) is 3.23. The lowest BCUT2D eigenvalue weighted by Crippen LogP contribution is -2.08. The molecule has 0 spiro atoms. The highest BCUT2D eigenvalue weighted by Gasteiger charge is 2.11. The van der Waals surface area contributed by atoms with Gasteiger partial charge in [-0.2, -0.15) is 0 Å². The van der Waals surface area contributed by atoms with Crippen LogP contribution in [0, 0.1) is 0 Å². The molecule has 7 heavy (non-hydrogen) atoms. The molecule has 0 amide bonds. The summed E-state index contributed by atoms with van der Waals surface area (Å²) in [5, 5.41) is 4.02. The normalized spacial score (nSPS) is 31.3. The summed E-state index contributed by atoms with van der Waals surface area (Å²) in [5.41, 5.74) is 0. The first-order valence-electron chi connectivity index (χ1n) is 2.44. The van der Waals surface area contributed by atoms with E-state index in [4.69, 9.17) is 0 Å². The van der Waals surface area contributed by atoms with E-state index in [1.807, 2.05) is 0 Å². The minimum Gasteiger partial charge on any atom is -0.316 e. The van der Waals surface area contributed by atoms with E-state index in [-0.39, 0.29) is 0 Å². The van der Waals surface area contributed by atoms with Crippen molar-refractivity contribution >= 4 is 22.5 Å². The largest absolute Gasteiger partial charge is 0.316 e. The van der Waals surface area contributed by atoms with E-state index >= 15 is 0 Å². The smallest absolute Gasteiger partial charge is 0.0285 e. The molecule has 0 unspecified atom stereocenters. The van der Waals surface area contributed by atoms with E-state index in [0.29, 0.717) is 0 Å². The van der Waals surface area contributed by atoms with Crippen LogP contribution in [-0.4, -0.2) is 18.3 Å². The van der Waals surface area contributed by atoms with Crippen molar-refractivity contribution in [1.29, 1.82) is 0 Å². The maximum atomic E-state index is 4.09. The Hall–Kier alpha value is 0.660. The molecule has 1 N–H and O–H groups in total. The molecule has 1 nitrogen and oxygen atoms in total. The van der Waals surface area contributed by atoms with Crippen LogP contribution in [0.15, 0.2) is 0 Å². The van der Waals surface area contributed by atoms with Crippen molar-refractivity contribution in [2.45, 2.75) is 11.7 Å². The van der Waals surface area contributed by atoms with Crippen LogP contribution in [0.2, 0.25) is 0 Å². The Labute approximate surface area is 53.1 Å². The van der Waals surface area contributed by atoms with Gasteiger partial charge in [0.15, 0.2) is 0 Å². The molecule has 0 bridgehead atoms. The fourth-order valence-electron chi connectivity index (χ4n) is 0.718. The summed E-state index contributed by atoms with van der Waals surface area (Å²) in [6.45, 7) is 2.33. The topological polar surface area (TPSA) is 12.0 Å². The zero-order chi connectivity index (χ0) is 5.11. The summed E-state index contributed by atoms with van der Waals surface area (Å²) in [6, 6.07) is 0. The quantitative estimate of drug-likeness (QED) is 0.410. The minimum atomic E-state index is 0.767. The lowest BCUT2D eigenvalue weighted by atomic mass is 10.4. The minimum absolute atomic E-state index is 0.767. The van der Waals surface area contributed by atoms with Gasteiger partial charge in [-0.3, -0.25) is 0 Å². The lowest BCUT2D eigenvalue weighted by molar-refractivity contribution is 0.859. The molecule has 0 aromatic heterocycles. The zero-order valence-corrected chi connectivity index (χ0v) is 5.77. The van der Waals surface area contributed by atoms with Gasteiger partial charge in [0.2, 0.25) is 0 Å². The first kappa shape index (κ1) is 5.79. The van der Waals surface area contributed by atoms with E-state index in [1.165, 1.54) is 13.0 Å². The molecule has 42 valence electrons. The van der Waals surface area contributed by atoms with Crippen LogP contribution in [0.25, 0.3) is 0 Å². The molecule has 1 heterocycles. The highest BCUT2D eigenvalue weighted by atomic mass is 33.1. The predicted octanol–water partition coefficient (Wildman–Crippen LogP) is 0.926. The van der Waals surface area contributed by atoms with Gasteiger partial charge >= 0.3 is 0 Å². The first-order valence-corrected chi connectivity index (χ1v) is 4.37. The van der Waals surface area contributed by atoms with E-state index < -0.39 is 0 Å². The van der Waals surface area contributed by atoms with Gasteiger partial charge < -0.3 is 5.32 Å². The molecular weight excluding hydrogens is 126 g/mol. The number of thiol groups is 1. The summed E-state index contributed by atoms with van der Waals surface area (Å²) in [5.74, 6) is 0. The zero-order valence-electron chi connectivity index (χ0n) is 4.05. The molecule has 1 fully saturated rings. The van der Waals surface area contributed by atoms with Crippen LogP contribution in [0.1, 0.15) is 6.42 Å². The molecule has 1 aliphatic heterocycles. The molecule has 1 aliphatic rings. The van der Waals surface area contributed by atoms with Crippen LogP contribution in [0.5, 0.6) is 0 Å². The van der Waals surface area contributed by atoms with Crippen molar-refractivity contribution < 1.29 is 0 Å². The van der Waals surface area contributed by atoms with Gasteiger partial charge in [-0.25, -0.2) is 0 Å². The van der Waals surface area contributed by atoms with Gasteiger partial charge in [0.1, 0.15) is 0 Å². The second-order valence-electron chi connectivity index (χ2n) is 1.72. The maximum Gasteiger partial charge on any atom is 0.0285 e. The average Bonchev–Trinajstić information content (AvgIpc) is 2.14. The molecule has 1 rings (SSSR count). The van der Waals surface area contributed by atoms with E-state index in [1.54, 1.807) is 10.8 Å². The summed E-state index contributed by atoms with van der Waals surface area (Å²) in [4.78, 5) is 0. The molecule has 3 heteroatoms. The average molecular weight is 135 g/mol. The van der Waals surface area contributed by atoms with Crippen molar-refractivity contribution in [3.8, 4) is 0 Å². The van der Waals surface area contributed by atoms with Crippen molar-refractivity contribution in [1.82, 2.24) is 5.32 Å². The number of hydrogen-bond donors (Lipinski definition) is 2. The molecule has 0 aliphatic carbocycles. The highest BCUT2D eigenvalue weighted by Crippen LogP contribution is 2.19. The summed E-state index contributed by atoms with van der Waals surface area (Å²) in [7, 11) is 1.66. The van der Waals surface area contributed by atoms with Crippen LogP contribution in [-0.2, 0) is 0 Å². The van der Waals surface area contributed by atoms with Gasteiger partial charge in [-0.15, -0.1) is 11.7 Å². The van der Waals surface area contributed by atoms with Crippen molar-refractivity contribution in [3.05, 3.63) is 0 Å². The van der Waals surface area contributed by atoms with Gasteiger partial charge in [-0.1, -0.05) is 10.8 Å². The lowest BCUT2D eigenvalue weighted by Gasteiger charge is -1.97. The Balaban J connectivity index is 2.14. The predicted molar refractivity (Wildman–Crippen MR) is 37.9 cm³/mol. The Kier molecular flexibility index (Phi) is 2.35. The number of nitrogens with one attached hydrogen (secondary N) is 1. The summed E-state index contributed by atoms with van der Waals surface area (Å²) >= 11 is 4.09. The van der Waals surface area contributed by atoms with E-state index in [0.717, 1.165) is 11.8 Å². The highest BCUT2D eigenvalue weighted by molar-refractivity contribution is 8.68. The van der Waals surface area contributed by atoms with Crippen LogP contribution in [0.4, 0.5) is 0 Å². The molecule has 0 radical (unpaired) electrons. The third kappa shape index (κ3) is 1.55. The van der Waals surface area contributed by atoms with Crippen LogP contribution < -0.4 is 5.32 Å². The van der Waals surface area contributed by atoms with Crippen molar-refractivity contribution in [2.24, 2.45) is 0 Å². The van der Waals surface area contributed by atoms with Crippen LogP contribution in [0.3, 0.4) is 0 Å². The van der Waals surface area contributed by atoms with Gasteiger partial charge in [0.25, 0.3) is 0 Å². The Morgan fingerprint density at radius 2 is 2.57 bits per heavy atom.